The lowest BCUT2D eigenvalue weighted by Gasteiger charge is -2.39. The molecule has 0 saturated carbocycles. The molecular weight excluding hydrogens is 503 g/mol. The molecule has 0 aliphatic rings. The molecule has 0 amide bonds. The van der Waals surface area contributed by atoms with Gasteiger partial charge in [0, 0.05) is 33.8 Å². The fourth-order valence-electron chi connectivity index (χ4n) is 2.56. The van der Waals surface area contributed by atoms with Crippen LogP contribution in [0.25, 0.3) is 0 Å². The normalized spacial score (nSPS) is 15.4. The van der Waals surface area contributed by atoms with E-state index in [2.05, 4.69) is 0 Å². The molecule has 3 nitrogen and oxygen atoms in total. The Morgan fingerprint density at radius 3 is 1.25 bits per heavy atom. The Balaban J connectivity index is 5.25. The first-order valence-electron chi connectivity index (χ1n) is 8.75. The lowest BCUT2D eigenvalue weighted by Crippen LogP contribution is -2.70. The quantitative estimate of drug-likeness (QED) is 0.147. The van der Waals surface area contributed by atoms with E-state index < -0.39 is 57.4 Å². The number of halogens is 13. The van der Waals surface area contributed by atoms with Crippen LogP contribution in [-0.4, -0.2) is 65.9 Å². The molecule has 194 valence electrons. The van der Waals surface area contributed by atoms with Crippen molar-refractivity contribution in [3.63, 3.8) is 0 Å². The van der Waals surface area contributed by atoms with Gasteiger partial charge in [0.05, 0.1) is 0 Å². The van der Waals surface area contributed by atoms with Crippen molar-refractivity contribution in [2.24, 2.45) is 0 Å². The van der Waals surface area contributed by atoms with Gasteiger partial charge in [-0.15, -0.1) is 0 Å². The second kappa shape index (κ2) is 10.2. The van der Waals surface area contributed by atoms with Gasteiger partial charge >= 0.3 is 44.6 Å². The maximum Gasteiger partial charge on any atom is 0.500 e. The highest BCUT2D eigenvalue weighted by molar-refractivity contribution is 6.60. The highest BCUT2D eigenvalue weighted by atomic mass is 28.4. The molecule has 0 radical (unpaired) electrons. The topological polar surface area (TPSA) is 27.7 Å². The molecule has 32 heavy (non-hydrogen) atoms. The molecule has 0 spiro atoms. The van der Waals surface area contributed by atoms with Crippen molar-refractivity contribution in [3.8, 4) is 0 Å². The molecule has 0 unspecified atom stereocenters. The summed E-state index contributed by atoms with van der Waals surface area (Å²) in [5, 5.41) is 0. The maximum atomic E-state index is 13.6. The van der Waals surface area contributed by atoms with Crippen LogP contribution in [0.15, 0.2) is 0 Å². The third kappa shape index (κ3) is 5.63. The van der Waals surface area contributed by atoms with E-state index in [9.17, 15) is 57.1 Å². The first kappa shape index (κ1) is 31.2. The molecule has 0 heterocycles. The summed E-state index contributed by atoms with van der Waals surface area (Å²) >= 11 is 0. The second-order valence-corrected chi connectivity index (χ2v) is 9.80. The summed E-state index contributed by atoms with van der Waals surface area (Å²) in [5.74, 6) is -36.5. The average molecular weight is 524 g/mol. The molecule has 0 bridgehead atoms. The maximum absolute atomic E-state index is 13.6. The van der Waals surface area contributed by atoms with E-state index in [1.54, 1.807) is 0 Å². The van der Waals surface area contributed by atoms with E-state index in [1.807, 2.05) is 0 Å². The average Bonchev–Trinajstić information content (AvgIpc) is 2.66. The summed E-state index contributed by atoms with van der Waals surface area (Å²) in [5.41, 5.74) is 0. The van der Waals surface area contributed by atoms with Gasteiger partial charge in [-0.3, -0.25) is 0 Å². The highest BCUT2D eigenvalue weighted by Gasteiger charge is 2.90. The van der Waals surface area contributed by atoms with Crippen LogP contribution < -0.4 is 0 Å². The lowest BCUT2D eigenvalue weighted by atomic mass is 9.91. The molecule has 17 heteroatoms. The van der Waals surface area contributed by atoms with E-state index in [0.717, 1.165) is 0 Å². The van der Waals surface area contributed by atoms with Crippen LogP contribution in [0, 0.1) is 0 Å². The zero-order valence-electron chi connectivity index (χ0n) is 16.9. The first-order valence-corrected chi connectivity index (χ1v) is 10.7. The molecule has 0 saturated heterocycles. The third-order valence-electron chi connectivity index (χ3n) is 4.66. The van der Waals surface area contributed by atoms with Gasteiger partial charge in [-0.1, -0.05) is 12.8 Å². The molecule has 0 aromatic carbocycles. The standard InChI is InChI=1S/C15H21F13O3Si/c1-29-32(30-2,31-3)9-7-5-4-6-8-10(16,17)11(18,19)12(20,21)13(22,23)14(24,25)15(26,27)28/h4-9H2,1-3H3. The fourth-order valence-corrected chi connectivity index (χ4v) is 4.35. The van der Waals surface area contributed by atoms with Crippen molar-refractivity contribution in [1.29, 1.82) is 0 Å². The molecule has 0 aliphatic carbocycles. The zero-order chi connectivity index (χ0) is 25.9. The second-order valence-electron chi connectivity index (χ2n) is 6.71. The van der Waals surface area contributed by atoms with Crippen LogP contribution in [0.2, 0.25) is 6.04 Å². The van der Waals surface area contributed by atoms with Gasteiger partial charge in [-0.2, -0.15) is 57.1 Å². The zero-order valence-corrected chi connectivity index (χ0v) is 17.9. The Bertz CT molecular complexity index is 583. The highest BCUT2D eigenvalue weighted by Crippen LogP contribution is 2.60. The Kier molecular flexibility index (Phi) is 9.95. The largest absolute Gasteiger partial charge is 0.500 e. The Morgan fingerprint density at radius 1 is 0.500 bits per heavy atom. The molecule has 0 rings (SSSR count). The number of unbranched alkanes of at least 4 members (excludes halogenated alkanes) is 3. The van der Waals surface area contributed by atoms with Crippen molar-refractivity contribution < 1.29 is 70.4 Å². The minimum absolute atomic E-state index is 0.0190. The van der Waals surface area contributed by atoms with Gasteiger partial charge < -0.3 is 13.3 Å². The van der Waals surface area contributed by atoms with E-state index in [4.69, 9.17) is 13.3 Å². The van der Waals surface area contributed by atoms with E-state index in [0.29, 0.717) is 0 Å². The minimum atomic E-state index is -7.86. The Hall–Kier alpha value is -0.813. The van der Waals surface area contributed by atoms with Crippen LogP contribution >= 0.6 is 0 Å². The van der Waals surface area contributed by atoms with Gasteiger partial charge in [0.25, 0.3) is 0 Å². The van der Waals surface area contributed by atoms with Crippen molar-refractivity contribution in [2.45, 2.75) is 73.9 Å². The lowest BCUT2D eigenvalue weighted by molar-refractivity contribution is -0.440. The molecule has 0 fully saturated rings. The summed E-state index contributed by atoms with van der Waals surface area (Å²) in [6, 6.07) is 0.153. The van der Waals surface area contributed by atoms with Crippen molar-refractivity contribution in [1.82, 2.24) is 0 Å². The summed E-state index contributed by atoms with van der Waals surface area (Å²) in [4.78, 5) is 0. The monoisotopic (exact) mass is 524 g/mol. The van der Waals surface area contributed by atoms with E-state index >= 15 is 0 Å². The summed E-state index contributed by atoms with van der Waals surface area (Å²) in [6.45, 7) is 0. The minimum Gasteiger partial charge on any atom is -0.377 e. The third-order valence-corrected chi connectivity index (χ3v) is 7.49. The molecular formula is C15H21F13O3Si. The number of hydrogen-bond acceptors (Lipinski definition) is 3. The van der Waals surface area contributed by atoms with Gasteiger partial charge in [0.15, 0.2) is 0 Å². The SMILES string of the molecule is CO[Si](CCCCCCC(F)(F)C(F)(F)C(F)(F)C(F)(F)C(F)(F)C(F)(F)F)(OC)OC. The molecule has 0 N–H and O–H groups in total. The predicted octanol–water partition coefficient (Wildman–Crippen LogP) is 6.55. The van der Waals surface area contributed by atoms with Crippen LogP contribution in [0.5, 0.6) is 0 Å². The molecule has 0 atom stereocenters. The number of hydrogen-bond donors (Lipinski definition) is 0. The van der Waals surface area contributed by atoms with Crippen LogP contribution in [-0.2, 0) is 13.3 Å². The van der Waals surface area contributed by atoms with Crippen molar-refractivity contribution in [3.05, 3.63) is 0 Å². The van der Waals surface area contributed by atoms with Gasteiger partial charge in [0.1, 0.15) is 0 Å². The van der Waals surface area contributed by atoms with Crippen LogP contribution in [0.3, 0.4) is 0 Å². The van der Waals surface area contributed by atoms with E-state index in [1.165, 1.54) is 21.3 Å². The fraction of sp³-hybridized carbons (Fsp3) is 1.00. The van der Waals surface area contributed by atoms with Crippen molar-refractivity contribution >= 4 is 8.80 Å². The number of alkyl halides is 13. The smallest absolute Gasteiger partial charge is 0.377 e. The number of rotatable bonds is 14. The van der Waals surface area contributed by atoms with Gasteiger partial charge in [-0.25, -0.2) is 0 Å². The Labute approximate surface area is 175 Å². The summed E-state index contributed by atoms with van der Waals surface area (Å²) < 4.78 is 184. The van der Waals surface area contributed by atoms with Crippen molar-refractivity contribution in [2.75, 3.05) is 21.3 Å². The summed E-state index contributed by atoms with van der Waals surface area (Å²) in [7, 11) is 0.755. The van der Waals surface area contributed by atoms with Gasteiger partial charge in [0.2, 0.25) is 0 Å². The summed E-state index contributed by atoms with van der Waals surface area (Å²) in [6.07, 6.45) is -10.7. The molecule has 0 aromatic heterocycles. The molecule has 0 aliphatic heterocycles. The predicted molar refractivity (Wildman–Crippen MR) is 85.5 cm³/mol. The Morgan fingerprint density at radius 2 is 0.875 bits per heavy atom. The van der Waals surface area contributed by atoms with E-state index in [-0.39, 0.29) is 25.3 Å². The van der Waals surface area contributed by atoms with Gasteiger partial charge in [-0.05, 0) is 12.8 Å². The first-order chi connectivity index (χ1) is 14.1. The molecule has 0 aromatic rings. The van der Waals surface area contributed by atoms with Crippen LogP contribution in [0.1, 0.15) is 32.1 Å². The van der Waals surface area contributed by atoms with Crippen LogP contribution in [0.4, 0.5) is 57.1 Å².